The summed E-state index contributed by atoms with van der Waals surface area (Å²) in [5.74, 6) is 1.44. The van der Waals surface area contributed by atoms with E-state index in [2.05, 4.69) is 5.16 Å². The number of aromatic hydroxyl groups is 1. The van der Waals surface area contributed by atoms with Crippen LogP contribution in [0.2, 0.25) is 0 Å². The van der Waals surface area contributed by atoms with Crippen LogP contribution in [0.5, 0.6) is 23.1 Å². The highest BCUT2D eigenvalue weighted by molar-refractivity contribution is 5.59. The molecule has 4 rings (SSSR count). The van der Waals surface area contributed by atoms with E-state index in [4.69, 9.17) is 14.0 Å². The zero-order valence-corrected chi connectivity index (χ0v) is 14.7. The number of hydrogen-bond donors (Lipinski definition) is 1. The molecule has 0 fully saturated rings. The zero-order valence-electron chi connectivity index (χ0n) is 14.7. The molecule has 0 saturated carbocycles. The summed E-state index contributed by atoms with van der Waals surface area (Å²) in [7, 11) is 0. The maximum atomic E-state index is 14.3. The molecule has 0 spiro atoms. The Balaban J connectivity index is 1.49. The van der Waals surface area contributed by atoms with Gasteiger partial charge in [0.05, 0.1) is 5.56 Å². The average molecular weight is 377 g/mol. The van der Waals surface area contributed by atoms with Crippen LogP contribution in [-0.2, 0) is 6.61 Å². The van der Waals surface area contributed by atoms with E-state index in [1.165, 1.54) is 12.1 Å². The maximum Gasteiger partial charge on any atom is 0.252 e. The molecule has 3 aromatic carbocycles. The number of rotatable bonds is 6. The van der Waals surface area contributed by atoms with Gasteiger partial charge in [-0.05, 0) is 53.7 Å². The fourth-order valence-electron chi connectivity index (χ4n) is 2.66. The van der Waals surface area contributed by atoms with Gasteiger partial charge in [-0.2, -0.15) is 0 Å². The Kier molecular flexibility index (Phi) is 4.93. The summed E-state index contributed by atoms with van der Waals surface area (Å²) in [5.41, 5.74) is 1.06. The van der Waals surface area contributed by atoms with Gasteiger partial charge >= 0.3 is 0 Å². The number of nitrogens with zero attached hydrogens (tertiary/aromatic N) is 1. The van der Waals surface area contributed by atoms with E-state index in [1.807, 2.05) is 18.2 Å². The van der Waals surface area contributed by atoms with Crippen LogP contribution in [0.4, 0.5) is 4.39 Å². The molecule has 0 aliphatic carbocycles. The lowest BCUT2D eigenvalue weighted by Gasteiger charge is -2.13. The van der Waals surface area contributed by atoms with Crippen LogP contribution in [0, 0.1) is 5.82 Å². The van der Waals surface area contributed by atoms with Crippen LogP contribution in [0.3, 0.4) is 0 Å². The summed E-state index contributed by atoms with van der Waals surface area (Å²) >= 11 is 0. The number of halogens is 1. The standard InChI is InChI=1S/C22H16FNO4/c23-19-7-4-8-20(27-17-5-2-1-3-6-17)18(19)14-26-16-11-9-15(10-12-16)21-13-22(25)24-28-21/h1-13H,14H2,(H,24,25). The van der Waals surface area contributed by atoms with Crippen LogP contribution in [0.1, 0.15) is 5.56 Å². The van der Waals surface area contributed by atoms with Crippen molar-refractivity contribution in [1.82, 2.24) is 5.16 Å². The number of ether oxygens (including phenoxy) is 2. The van der Waals surface area contributed by atoms with Gasteiger partial charge in [0, 0.05) is 11.6 Å². The average Bonchev–Trinajstić information content (AvgIpc) is 3.15. The van der Waals surface area contributed by atoms with E-state index in [1.54, 1.807) is 48.5 Å². The molecule has 0 saturated heterocycles. The molecule has 28 heavy (non-hydrogen) atoms. The number of aromatic nitrogens is 1. The van der Waals surface area contributed by atoms with E-state index < -0.39 is 5.82 Å². The second-order valence-electron chi connectivity index (χ2n) is 5.99. The minimum atomic E-state index is -0.401. The minimum absolute atomic E-state index is 0.0112. The molecule has 1 N–H and O–H groups in total. The first-order valence-electron chi connectivity index (χ1n) is 8.58. The molecule has 0 unspecified atom stereocenters. The Morgan fingerprint density at radius 3 is 2.39 bits per heavy atom. The van der Waals surface area contributed by atoms with Crippen molar-refractivity contribution in [3.8, 4) is 34.5 Å². The van der Waals surface area contributed by atoms with Gasteiger partial charge in [-0.3, -0.25) is 0 Å². The first-order valence-corrected chi connectivity index (χ1v) is 8.58. The molecule has 0 radical (unpaired) electrons. The highest BCUT2D eigenvalue weighted by Crippen LogP contribution is 2.29. The predicted molar refractivity (Wildman–Crippen MR) is 101 cm³/mol. The number of hydrogen-bond acceptors (Lipinski definition) is 5. The normalized spacial score (nSPS) is 10.6. The monoisotopic (exact) mass is 377 g/mol. The molecule has 0 aliphatic rings. The quantitative estimate of drug-likeness (QED) is 0.477. The lowest BCUT2D eigenvalue weighted by molar-refractivity contribution is 0.293. The van der Waals surface area contributed by atoms with Gasteiger partial charge in [0.25, 0.3) is 5.88 Å². The topological polar surface area (TPSA) is 64.7 Å². The second-order valence-corrected chi connectivity index (χ2v) is 5.99. The van der Waals surface area contributed by atoms with Crippen molar-refractivity contribution in [3.63, 3.8) is 0 Å². The van der Waals surface area contributed by atoms with Gasteiger partial charge in [-0.15, -0.1) is 0 Å². The first-order chi connectivity index (χ1) is 13.7. The minimum Gasteiger partial charge on any atom is -0.491 e. The molecule has 1 aromatic heterocycles. The summed E-state index contributed by atoms with van der Waals surface area (Å²) in [6, 6.07) is 22.3. The maximum absolute atomic E-state index is 14.3. The highest BCUT2D eigenvalue weighted by Gasteiger charge is 2.12. The molecule has 0 aliphatic heterocycles. The summed E-state index contributed by atoms with van der Waals surface area (Å²) in [6.07, 6.45) is 0. The van der Waals surface area contributed by atoms with Crippen molar-refractivity contribution in [2.24, 2.45) is 0 Å². The molecule has 0 amide bonds. The molecule has 4 aromatic rings. The van der Waals surface area contributed by atoms with Gasteiger partial charge in [-0.25, -0.2) is 4.39 Å². The molecule has 140 valence electrons. The highest BCUT2D eigenvalue weighted by atomic mass is 19.1. The van der Waals surface area contributed by atoms with Gasteiger partial charge in [-0.1, -0.05) is 24.3 Å². The van der Waals surface area contributed by atoms with Crippen LogP contribution < -0.4 is 9.47 Å². The SMILES string of the molecule is Oc1cc(-c2ccc(OCc3c(F)cccc3Oc3ccccc3)cc2)on1. The number of benzene rings is 3. The van der Waals surface area contributed by atoms with E-state index >= 15 is 0 Å². The van der Waals surface area contributed by atoms with Crippen molar-refractivity contribution < 1.29 is 23.5 Å². The fourth-order valence-corrected chi connectivity index (χ4v) is 2.66. The molecular weight excluding hydrogens is 361 g/mol. The summed E-state index contributed by atoms with van der Waals surface area (Å²) in [4.78, 5) is 0. The molecule has 5 nitrogen and oxygen atoms in total. The van der Waals surface area contributed by atoms with Crippen LogP contribution in [0.25, 0.3) is 11.3 Å². The van der Waals surface area contributed by atoms with Gasteiger partial charge in [0.15, 0.2) is 5.76 Å². The second kappa shape index (κ2) is 7.84. The van der Waals surface area contributed by atoms with E-state index in [0.29, 0.717) is 28.6 Å². The molecular formula is C22H16FNO4. The summed E-state index contributed by atoms with van der Waals surface area (Å²) < 4.78 is 30.9. The number of para-hydroxylation sites is 1. The lowest BCUT2D eigenvalue weighted by atomic mass is 10.1. The van der Waals surface area contributed by atoms with Gasteiger partial charge in [0.2, 0.25) is 0 Å². The Morgan fingerprint density at radius 1 is 0.893 bits per heavy atom. The van der Waals surface area contributed by atoms with Crippen LogP contribution in [-0.4, -0.2) is 10.3 Å². The third-order valence-corrected chi connectivity index (χ3v) is 4.07. The van der Waals surface area contributed by atoms with Gasteiger partial charge < -0.3 is 19.1 Å². The Labute approximate surface area is 160 Å². The summed E-state index contributed by atoms with van der Waals surface area (Å²) in [5, 5.41) is 12.7. The fraction of sp³-hybridized carbons (Fsp3) is 0.0455. The lowest BCUT2D eigenvalue weighted by Crippen LogP contribution is -2.01. The Morgan fingerprint density at radius 2 is 1.68 bits per heavy atom. The van der Waals surface area contributed by atoms with Crippen LogP contribution in [0.15, 0.2) is 83.4 Å². The van der Waals surface area contributed by atoms with Gasteiger partial charge in [0.1, 0.15) is 29.7 Å². The third kappa shape index (κ3) is 3.96. The van der Waals surface area contributed by atoms with Crippen molar-refractivity contribution in [1.29, 1.82) is 0 Å². The van der Waals surface area contributed by atoms with E-state index in [9.17, 15) is 9.50 Å². The molecule has 1 heterocycles. The molecule has 0 bridgehead atoms. The molecule has 0 atom stereocenters. The smallest absolute Gasteiger partial charge is 0.252 e. The van der Waals surface area contributed by atoms with Crippen molar-refractivity contribution in [2.45, 2.75) is 6.61 Å². The molecule has 6 heteroatoms. The van der Waals surface area contributed by atoms with E-state index in [0.717, 1.165) is 5.56 Å². The van der Waals surface area contributed by atoms with Crippen LogP contribution >= 0.6 is 0 Å². The van der Waals surface area contributed by atoms with Crippen molar-refractivity contribution in [2.75, 3.05) is 0 Å². The largest absolute Gasteiger partial charge is 0.491 e. The Hall–Kier alpha value is -3.80. The van der Waals surface area contributed by atoms with Crippen molar-refractivity contribution >= 4 is 0 Å². The summed E-state index contributed by atoms with van der Waals surface area (Å²) in [6.45, 7) is 0.0112. The van der Waals surface area contributed by atoms with Crippen molar-refractivity contribution in [3.05, 3.63) is 90.2 Å². The Bertz CT molecular complexity index is 1060. The zero-order chi connectivity index (χ0) is 19.3. The van der Waals surface area contributed by atoms with E-state index in [-0.39, 0.29) is 12.5 Å². The third-order valence-electron chi connectivity index (χ3n) is 4.07. The predicted octanol–water partition coefficient (Wildman–Crippen LogP) is 5.56. The first kappa shape index (κ1) is 17.6.